The molecule has 5 rings (SSSR count). The van der Waals surface area contributed by atoms with Gasteiger partial charge in [0.1, 0.15) is 22.8 Å². The summed E-state index contributed by atoms with van der Waals surface area (Å²) in [5.74, 6) is -8.52. The molecule has 0 bridgehead atoms. The first-order valence-corrected chi connectivity index (χ1v) is 15.2. The predicted molar refractivity (Wildman–Crippen MR) is 162 cm³/mol. The number of hydrogen-bond acceptors (Lipinski definition) is 11. The van der Waals surface area contributed by atoms with Gasteiger partial charge >= 0.3 is 0 Å². The Morgan fingerprint density at radius 3 is 2.37 bits per heavy atom. The number of aliphatic hydroxyl groups excluding tert-OH is 3. The molecule has 1 saturated carbocycles. The summed E-state index contributed by atoms with van der Waals surface area (Å²) in [6.45, 7) is 7.09. The third-order valence-electron chi connectivity index (χ3n) is 9.96. The van der Waals surface area contributed by atoms with Gasteiger partial charge in [-0.1, -0.05) is 26.0 Å². The number of Topliss-reactive ketones (excluding diaryl/α,β-unsaturated/α-hetero) is 2. The van der Waals surface area contributed by atoms with E-state index in [-0.39, 0.29) is 11.3 Å². The predicted octanol–water partition coefficient (Wildman–Crippen LogP) is 1.52. The first-order chi connectivity index (χ1) is 20.1. The Balaban J connectivity index is 1.62. The Bertz CT molecular complexity index is 1450. The Kier molecular flexibility index (Phi) is 8.00. The molecule has 0 spiro atoms. The molecule has 3 aliphatic carbocycles. The van der Waals surface area contributed by atoms with Gasteiger partial charge in [-0.3, -0.25) is 19.3 Å². The topological polar surface area (TPSA) is 185 Å². The van der Waals surface area contributed by atoms with Gasteiger partial charge in [0, 0.05) is 22.3 Å². The average molecular weight is 616 g/mol. The molecule has 1 amide bonds. The number of phenolic OH excluding ortho intramolecular Hbond substituents is 1. The van der Waals surface area contributed by atoms with Crippen LogP contribution in [0.1, 0.15) is 61.5 Å². The number of likely N-dealkylation sites (tertiary alicyclic amines) is 1. The summed E-state index contributed by atoms with van der Waals surface area (Å²) >= 11 is 4.72. The van der Waals surface area contributed by atoms with Crippen molar-refractivity contribution >= 4 is 35.9 Å². The van der Waals surface area contributed by atoms with Crippen LogP contribution in [0.2, 0.25) is 0 Å². The molecular weight excluding hydrogens is 574 g/mol. The molecule has 1 aliphatic heterocycles. The summed E-state index contributed by atoms with van der Waals surface area (Å²) in [7, 11) is 2.93. The van der Waals surface area contributed by atoms with Crippen molar-refractivity contribution in [1.82, 2.24) is 9.80 Å². The second kappa shape index (κ2) is 10.9. The summed E-state index contributed by atoms with van der Waals surface area (Å²) in [5, 5.41) is 56.9. The molecule has 11 nitrogen and oxygen atoms in total. The first kappa shape index (κ1) is 31.5. The summed E-state index contributed by atoms with van der Waals surface area (Å²) < 4.78 is 0. The van der Waals surface area contributed by atoms with Crippen molar-refractivity contribution in [3.8, 4) is 5.75 Å². The summed E-state index contributed by atoms with van der Waals surface area (Å²) in [5.41, 5.74) is 1.36. The van der Waals surface area contributed by atoms with Gasteiger partial charge in [0.15, 0.2) is 11.4 Å². The number of thiol groups is 1. The van der Waals surface area contributed by atoms with Crippen LogP contribution in [0, 0.1) is 11.8 Å². The molecule has 1 aromatic rings. The number of likely N-dealkylation sites (N-methyl/N-ethyl adjacent to an activating group) is 1. The number of ketones is 2. The lowest BCUT2D eigenvalue weighted by molar-refractivity contribution is -0.168. The van der Waals surface area contributed by atoms with Crippen LogP contribution >= 0.6 is 12.6 Å². The lowest BCUT2D eigenvalue weighted by Crippen LogP contribution is -2.70. The number of phenols is 1. The zero-order valence-electron chi connectivity index (χ0n) is 24.9. The maximum Gasteiger partial charge on any atom is 0.255 e. The molecule has 1 aromatic carbocycles. The van der Waals surface area contributed by atoms with Crippen LogP contribution in [-0.4, -0.2) is 104 Å². The third kappa shape index (κ3) is 4.61. The van der Waals surface area contributed by atoms with Gasteiger partial charge in [0.2, 0.25) is 5.78 Å². The average Bonchev–Trinajstić information content (AvgIpc) is 3.43. The number of fused-ring (bicyclic) bond motifs is 3. The van der Waals surface area contributed by atoms with Gasteiger partial charge in [-0.2, -0.15) is 12.6 Å². The highest BCUT2D eigenvalue weighted by atomic mass is 32.1. The van der Waals surface area contributed by atoms with Crippen molar-refractivity contribution in [2.24, 2.45) is 17.6 Å². The summed E-state index contributed by atoms with van der Waals surface area (Å²) in [4.78, 5) is 43.4. The fourth-order valence-electron chi connectivity index (χ4n) is 7.71. The first-order valence-electron chi connectivity index (χ1n) is 14.7. The standard InChI is InChI=1S/C31H41N3O8S/c1-30(2,10-7-13-34-11-5-6-12-34)15-9-8-14-16(22(15)35)23(36)18-17(26(14)43)24(37)20-21(33(3)4)25(38)19(29(32)41)28(40)31(20,42)27(18)39/h8-9,17,20-21,24,26,35-37,40,42-43H,5-7,10-13H2,1-4H3,(H2,32,41)/t17-,20-,21+,24+,26+,31+/m1/s1. The minimum absolute atomic E-state index is 0.0476. The number of benzene rings is 1. The molecule has 0 unspecified atom stereocenters. The van der Waals surface area contributed by atoms with Crippen LogP contribution in [0.3, 0.4) is 0 Å². The van der Waals surface area contributed by atoms with Crippen LogP contribution in [0.5, 0.6) is 5.75 Å². The van der Waals surface area contributed by atoms with Gasteiger partial charge in [-0.15, -0.1) is 0 Å². The minimum atomic E-state index is -2.96. The lowest BCUT2D eigenvalue weighted by atomic mass is 9.56. The normalized spacial score (nSPS) is 31.4. The monoisotopic (exact) mass is 615 g/mol. The van der Waals surface area contributed by atoms with Crippen molar-refractivity contribution in [1.29, 1.82) is 0 Å². The highest BCUT2D eigenvalue weighted by molar-refractivity contribution is 7.80. The number of aliphatic hydroxyl groups is 4. The number of carbonyl (C=O) groups is 3. The van der Waals surface area contributed by atoms with E-state index in [1.807, 2.05) is 13.8 Å². The minimum Gasteiger partial charge on any atom is -0.508 e. The number of carbonyl (C=O) groups excluding carboxylic acids is 3. The fourth-order valence-corrected chi connectivity index (χ4v) is 8.25. The van der Waals surface area contributed by atoms with E-state index in [9.17, 15) is 39.9 Å². The fraction of sp³-hybridized carbons (Fsp3) is 0.581. The van der Waals surface area contributed by atoms with E-state index in [2.05, 4.69) is 4.90 Å². The van der Waals surface area contributed by atoms with E-state index < -0.39 is 80.4 Å². The molecule has 234 valence electrons. The maximum absolute atomic E-state index is 14.2. The molecule has 12 heteroatoms. The van der Waals surface area contributed by atoms with E-state index in [0.717, 1.165) is 32.5 Å². The number of amides is 1. The van der Waals surface area contributed by atoms with Gasteiger partial charge < -0.3 is 36.2 Å². The van der Waals surface area contributed by atoms with Gasteiger partial charge in [0.05, 0.1) is 23.6 Å². The smallest absolute Gasteiger partial charge is 0.255 e. The summed E-state index contributed by atoms with van der Waals surface area (Å²) in [6, 6.07) is 2.05. The number of nitrogens with zero attached hydrogens (tertiary/aromatic N) is 2. The summed E-state index contributed by atoms with van der Waals surface area (Å²) in [6.07, 6.45) is 2.34. The molecule has 6 atom stereocenters. The van der Waals surface area contributed by atoms with Crippen molar-refractivity contribution in [3.63, 3.8) is 0 Å². The van der Waals surface area contributed by atoms with Crippen molar-refractivity contribution in [3.05, 3.63) is 45.7 Å². The zero-order valence-corrected chi connectivity index (χ0v) is 25.8. The number of rotatable bonds is 7. The Hall–Kier alpha value is -2.90. The van der Waals surface area contributed by atoms with E-state index in [1.165, 1.54) is 31.8 Å². The van der Waals surface area contributed by atoms with Crippen molar-refractivity contribution in [2.75, 3.05) is 33.7 Å². The van der Waals surface area contributed by atoms with Crippen LogP contribution in [0.25, 0.3) is 5.76 Å². The van der Waals surface area contributed by atoms with Crippen LogP contribution < -0.4 is 5.73 Å². The number of aromatic hydroxyl groups is 1. The lowest BCUT2D eigenvalue weighted by Gasteiger charge is -2.53. The molecule has 0 aromatic heterocycles. The third-order valence-corrected chi connectivity index (χ3v) is 10.6. The molecule has 43 heavy (non-hydrogen) atoms. The van der Waals surface area contributed by atoms with Gasteiger partial charge in [-0.25, -0.2) is 0 Å². The maximum atomic E-state index is 14.2. The zero-order chi connectivity index (χ0) is 31.8. The van der Waals surface area contributed by atoms with Crippen molar-refractivity contribution < 1.29 is 39.9 Å². The molecular formula is C31H41N3O8S. The number of hydrogen-bond donors (Lipinski definition) is 7. The quantitative estimate of drug-likeness (QED) is 0.175. The van der Waals surface area contributed by atoms with E-state index in [0.29, 0.717) is 11.1 Å². The largest absolute Gasteiger partial charge is 0.508 e. The van der Waals surface area contributed by atoms with Crippen LogP contribution in [0.4, 0.5) is 0 Å². The molecule has 1 heterocycles. The second-order valence-electron chi connectivity index (χ2n) is 13.2. The molecule has 0 radical (unpaired) electrons. The van der Waals surface area contributed by atoms with E-state index in [4.69, 9.17) is 18.4 Å². The number of nitrogens with two attached hydrogens (primary N) is 1. The second-order valence-corrected chi connectivity index (χ2v) is 13.7. The molecule has 4 aliphatic rings. The van der Waals surface area contributed by atoms with Gasteiger partial charge in [-0.05, 0) is 70.4 Å². The molecule has 1 saturated heterocycles. The van der Waals surface area contributed by atoms with Gasteiger partial charge in [0.25, 0.3) is 5.91 Å². The highest BCUT2D eigenvalue weighted by Gasteiger charge is 2.68. The van der Waals surface area contributed by atoms with Crippen molar-refractivity contribution in [2.45, 2.75) is 67.9 Å². The SMILES string of the molecule is CN(C)[C@@H]1C(=O)C(C(N)=O)=C(O)[C@@]2(O)C(=O)C3=C(O)c4c(ccc(C(C)(C)CCCN5CCCC5)c4O)[C@H](S)[C@H]3[C@H](O)[C@@H]12. The Morgan fingerprint density at radius 2 is 1.79 bits per heavy atom. The number of primary amides is 1. The highest BCUT2D eigenvalue weighted by Crippen LogP contribution is 2.58. The Morgan fingerprint density at radius 1 is 1.16 bits per heavy atom. The van der Waals surface area contributed by atoms with Crippen LogP contribution in [0.15, 0.2) is 29.0 Å². The van der Waals surface area contributed by atoms with E-state index in [1.54, 1.807) is 12.1 Å². The molecule has 2 fully saturated rings. The van der Waals surface area contributed by atoms with E-state index >= 15 is 0 Å². The Labute approximate surface area is 256 Å². The molecule has 7 N–H and O–H groups in total. The van der Waals surface area contributed by atoms with Crippen LogP contribution in [-0.2, 0) is 19.8 Å².